The second-order valence-electron chi connectivity index (χ2n) is 7.06. The van der Waals surface area contributed by atoms with Gasteiger partial charge in [0.05, 0.1) is 21.8 Å². The highest BCUT2D eigenvalue weighted by Crippen LogP contribution is 2.31. The number of carboxylic acids is 1. The van der Waals surface area contributed by atoms with Crippen LogP contribution in [0.4, 0.5) is 10.1 Å². The largest absolute Gasteiger partial charge is 0.478 e. The van der Waals surface area contributed by atoms with Gasteiger partial charge < -0.3 is 15.7 Å². The number of carbonyl (C=O) groups excluding carboxylic acids is 3. The van der Waals surface area contributed by atoms with Crippen LogP contribution in [-0.2, 0) is 4.79 Å². The number of ketones is 1. The zero-order valence-corrected chi connectivity index (χ0v) is 18.4. The third-order valence-electron chi connectivity index (χ3n) is 4.85. The van der Waals surface area contributed by atoms with E-state index >= 15 is 0 Å². The average Bonchev–Trinajstić information content (AvgIpc) is 2.83. The Labute approximate surface area is 198 Å². The molecule has 0 unspecified atom stereocenters. The zero-order valence-electron chi connectivity index (χ0n) is 17.7. The third-order valence-corrected chi connectivity index (χ3v) is 5.16. The first-order valence-corrected chi connectivity index (χ1v) is 10.0. The fourth-order valence-corrected chi connectivity index (χ4v) is 3.21. The molecular formula is C24H17ClFN3O5. The number of benzene rings is 2. The van der Waals surface area contributed by atoms with Crippen molar-refractivity contribution in [2.45, 2.75) is 0 Å². The van der Waals surface area contributed by atoms with Crippen LogP contribution in [0.5, 0.6) is 0 Å². The van der Waals surface area contributed by atoms with Crippen LogP contribution >= 0.6 is 11.6 Å². The van der Waals surface area contributed by atoms with Crippen LogP contribution in [0.25, 0.3) is 6.08 Å². The molecule has 3 N–H and O–H groups in total. The molecule has 0 saturated carbocycles. The molecule has 0 fully saturated rings. The number of rotatable bonds is 3. The smallest absolute Gasteiger partial charge is 0.335 e. The minimum absolute atomic E-state index is 0.0632. The maximum Gasteiger partial charge on any atom is 0.335 e. The van der Waals surface area contributed by atoms with Crippen LogP contribution < -0.4 is 10.6 Å². The summed E-state index contributed by atoms with van der Waals surface area (Å²) in [5.74, 6) is -3.45. The number of likely N-dealkylation sites (N-methyl/N-ethyl adjacent to an activating group) is 1. The molecule has 8 nitrogen and oxygen atoms in total. The summed E-state index contributed by atoms with van der Waals surface area (Å²) < 4.78 is 13.6. The van der Waals surface area contributed by atoms with Gasteiger partial charge in [0.1, 0.15) is 5.82 Å². The summed E-state index contributed by atoms with van der Waals surface area (Å²) in [6.45, 7) is 0. The molecule has 0 saturated heterocycles. The molecule has 0 spiro atoms. The maximum absolute atomic E-state index is 13.6. The molecular weight excluding hydrogens is 465 g/mol. The van der Waals surface area contributed by atoms with Gasteiger partial charge >= 0.3 is 5.97 Å². The standard InChI is InChI=1S/C18H11ClFNO4.C6H6N2O/c1-21-15-5-3-10(18(24)25)8-11(15)16(22)12(17(21)23)6-9-2-4-13(19)14(20)7-9;7-6(9)5-1-3-8-4-2-5/h2-8H,1H3,(H,24,25);1-4H,(H2,7,9)/b12-6+;. The maximum atomic E-state index is 13.6. The number of pyridine rings is 1. The van der Waals surface area contributed by atoms with Crippen molar-refractivity contribution in [2.75, 3.05) is 11.9 Å². The number of halogens is 2. The van der Waals surface area contributed by atoms with Crippen molar-refractivity contribution < 1.29 is 28.7 Å². The summed E-state index contributed by atoms with van der Waals surface area (Å²) in [6, 6.07) is 11.0. The van der Waals surface area contributed by atoms with E-state index < -0.39 is 29.4 Å². The normalized spacial score (nSPS) is 13.7. The Balaban J connectivity index is 0.000000302. The van der Waals surface area contributed by atoms with Crippen LogP contribution in [0, 0.1) is 5.82 Å². The molecule has 0 bridgehead atoms. The van der Waals surface area contributed by atoms with Crippen LogP contribution in [0.15, 0.2) is 66.5 Å². The number of hydrogen-bond acceptors (Lipinski definition) is 5. The summed E-state index contributed by atoms with van der Waals surface area (Å²) in [7, 11) is 1.48. The number of carbonyl (C=O) groups is 4. The highest BCUT2D eigenvalue weighted by Gasteiger charge is 2.33. The lowest BCUT2D eigenvalue weighted by Crippen LogP contribution is -2.36. The first kappa shape index (κ1) is 24.3. The predicted molar refractivity (Wildman–Crippen MR) is 123 cm³/mol. The molecule has 3 aromatic rings. The van der Waals surface area contributed by atoms with Gasteiger partial charge in [-0.25, -0.2) is 9.18 Å². The van der Waals surface area contributed by atoms with E-state index in [1.807, 2.05) is 0 Å². The molecule has 1 aliphatic rings. The Morgan fingerprint density at radius 3 is 2.29 bits per heavy atom. The van der Waals surface area contributed by atoms with E-state index in [0.29, 0.717) is 16.8 Å². The summed E-state index contributed by atoms with van der Waals surface area (Å²) in [4.78, 5) is 51.6. The molecule has 1 aliphatic heterocycles. The number of aromatic carboxylic acids is 1. The monoisotopic (exact) mass is 481 g/mol. The molecule has 2 heterocycles. The number of primary amides is 1. The van der Waals surface area contributed by atoms with Gasteiger partial charge in [-0.3, -0.25) is 19.4 Å². The van der Waals surface area contributed by atoms with Crippen molar-refractivity contribution in [3.05, 3.63) is 99.6 Å². The minimum atomic E-state index is -1.18. The summed E-state index contributed by atoms with van der Waals surface area (Å²) >= 11 is 5.62. The Morgan fingerprint density at radius 1 is 1.06 bits per heavy atom. The second-order valence-corrected chi connectivity index (χ2v) is 7.47. The van der Waals surface area contributed by atoms with Gasteiger partial charge in [-0.1, -0.05) is 17.7 Å². The lowest BCUT2D eigenvalue weighted by molar-refractivity contribution is -0.114. The molecule has 0 aliphatic carbocycles. The lowest BCUT2D eigenvalue weighted by Gasteiger charge is -2.26. The van der Waals surface area contributed by atoms with Crippen LogP contribution in [0.2, 0.25) is 5.02 Å². The number of anilines is 1. The van der Waals surface area contributed by atoms with E-state index in [0.717, 1.165) is 6.07 Å². The average molecular weight is 482 g/mol. The Morgan fingerprint density at radius 2 is 1.74 bits per heavy atom. The van der Waals surface area contributed by atoms with Gasteiger partial charge in [0.2, 0.25) is 11.7 Å². The quantitative estimate of drug-likeness (QED) is 0.434. The minimum Gasteiger partial charge on any atom is -0.478 e. The van der Waals surface area contributed by atoms with E-state index in [-0.39, 0.29) is 21.7 Å². The Hall–Kier alpha value is -4.37. The molecule has 10 heteroatoms. The predicted octanol–water partition coefficient (Wildman–Crippen LogP) is 3.60. The topological polar surface area (TPSA) is 131 Å². The number of nitrogens with zero attached hydrogens (tertiary/aromatic N) is 2. The van der Waals surface area contributed by atoms with E-state index in [1.54, 1.807) is 12.1 Å². The van der Waals surface area contributed by atoms with Crippen molar-refractivity contribution in [1.82, 2.24) is 4.98 Å². The van der Waals surface area contributed by atoms with Gasteiger partial charge in [0.15, 0.2) is 0 Å². The second kappa shape index (κ2) is 10.1. The van der Waals surface area contributed by atoms with Crippen LogP contribution in [0.1, 0.15) is 36.6 Å². The number of hydrogen-bond donors (Lipinski definition) is 2. The van der Waals surface area contributed by atoms with Gasteiger partial charge in [-0.05, 0) is 54.1 Å². The molecule has 2 amide bonds. The fraction of sp³-hybridized carbons (Fsp3) is 0.0417. The van der Waals surface area contributed by atoms with Crippen molar-refractivity contribution in [3.63, 3.8) is 0 Å². The molecule has 34 heavy (non-hydrogen) atoms. The molecule has 172 valence electrons. The van der Waals surface area contributed by atoms with E-state index in [2.05, 4.69) is 4.98 Å². The van der Waals surface area contributed by atoms with Crippen LogP contribution in [0.3, 0.4) is 0 Å². The van der Waals surface area contributed by atoms with Gasteiger partial charge in [0, 0.05) is 30.6 Å². The zero-order chi connectivity index (χ0) is 25.0. The molecule has 1 aromatic heterocycles. The summed E-state index contributed by atoms with van der Waals surface area (Å²) in [5.41, 5.74) is 5.91. The highest BCUT2D eigenvalue weighted by atomic mass is 35.5. The van der Waals surface area contributed by atoms with E-state index in [9.17, 15) is 23.6 Å². The van der Waals surface area contributed by atoms with Crippen molar-refractivity contribution in [2.24, 2.45) is 5.73 Å². The molecule has 0 radical (unpaired) electrons. The SMILES string of the molecule is CN1C(=O)/C(=C/c2ccc(Cl)c(F)c2)C(=O)c2cc(C(=O)O)ccc21.NC(=O)c1ccncc1. The van der Waals surface area contributed by atoms with Crippen molar-refractivity contribution >= 4 is 46.9 Å². The Bertz CT molecular complexity index is 1340. The van der Waals surface area contributed by atoms with E-state index in [1.165, 1.54) is 60.7 Å². The number of nitrogens with two attached hydrogens (primary N) is 1. The first-order chi connectivity index (χ1) is 16.1. The van der Waals surface area contributed by atoms with Crippen molar-refractivity contribution in [3.8, 4) is 0 Å². The molecule has 0 atom stereocenters. The third kappa shape index (κ3) is 5.16. The van der Waals surface area contributed by atoms with Gasteiger partial charge in [0.25, 0.3) is 5.91 Å². The first-order valence-electron chi connectivity index (χ1n) is 9.67. The number of aromatic nitrogens is 1. The van der Waals surface area contributed by atoms with Gasteiger partial charge in [-0.2, -0.15) is 0 Å². The fourth-order valence-electron chi connectivity index (χ4n) is 3.09. The number of fused-ring (bicyclic) bond motifs is 1. The number of carboxylic acid groups (broad SMARTS) is 1. The summed E-state index contributed by atoms with van der Waals surface area (Å²) in [5, 5.41) is 9.02. The highest BCUT2D eigenvalue weighted by molar-refractivity contribution is 6.36. The lowest BCUT2D eigenvalue weighted by atomic mass is 9.92. The van der Waals surface area contributed by atoms with Gasteiger partial charge in [-0.15, -0.1) is 0 Å². The number of Topliss-reactive ketones (excluding diaryl/α,β-unsaturated/α-hetero) is 1. The van der Waals surface area contributed by atoms with E-state index in [4.69, 9.17) is 22.4 Å². The van der Waals surface area contributed by atoms with Crippen LogP contribution in [-0.4, -0.2) is 40.7 Å². The van der Waals surface area contributed by atoms with Crippen molar-refractivity contribution in [1.29, 1.82) is 0 Å². The molecule has 4 rings (SSSR count). The molecule has 2 aromatic carbocycles. The number of amides is 2. The Kier molecular flexibility index (Phi) is 7.18. The summed E-state index contributed by atoms with van der Waals surface area (Å²) in [6.07, 6.45) is 4.32.